The molecule has 0 saturated heterocycles. The Morgan fingerprint density at radius 2 is 1.94 bits per heavy atom. The molecule has 1 aliphatic rings. The fourth-order valence-corrected chi connectivity index (χ4v) is 3.42. The average Bonchev–Trinajstić information content (AvgIpc) is 2.34. The molecule has 1 saturated carbocycles. The second-order valence-corrected chi connectivity index (χ2v) is 6.24. The number of hydrogen-bond acceptors (Lipinski definition) is 2. The molecule has 1 rings (SSSR count). The Kier molecular flexibility index (Phi) is 6.50. The van der Waals surface area contributed by atoms with Crippen molar-refractivity contribution < 1.29 is 4.74 Å². The van der Waals surface area contributed by atoms with E-state index in [1.54, 1.807) is 7.11 Å². The SMILES string of the molecule is COCCC(C)C1CC(C(C)C)CCC1CN. The predicted octanol–water partition coefficient (Wildman–Crippen LogP) is 3.31. The first-order valence-corrected chi connectivity index (χ1v) is 7.29. The largest absolute Gasteiger partial charge is 0.385 e. The second kappa shape index (κ2) is 7.38. The van der Waals surface area contributed by atoms with Crippen molar-refractivity contribution in [3.05, 3.63) is 0 Å². The van der Waals surface area contributed by atoms with Gasteiger partial charge < -0.3 is 10.5 Å². The Hall–Kier alpha value is -0.0800. The molecule has 0 aromatic rings. The summed E-state index contributed by atoms with van der Waals surface area (Å²) < 4.78 is 5.22. The van der Waals surface area contributed by atoms with Crippen LogP contribution in [0.4, 0.5) is 0 Å². The van der Waals surface area contributed by atoms with Crippen molar-refractivity contribution >= 4 is 0 Å². The van der Waals surface area contributed by atoms with Crippen LogP contribution in [0.15, 0.2) is 0 Å². The summed E-state index contributed by atoms with van der Waals surface area (Å²) in [6.07, 6.45) is 5.28. The highest BCUT2D eigenvalue weighted by atomic mass is 16.5. The van der Waals surface area contributed by atoms with Gasteiger partial charge in [-0.25, -0.2) is 0 Å². The molecule has 0 spiro atoms. The van der Waals surface area contributed by atoms with Gasteiger partial charge in [0.1, 0.15) is 0 Å². The summed E-state index contributed by atoms with van der Waals surface area (Å²) in [5, 5.41) is 0. The van der Waals surface area contributed by atoms with Crippen LogP contribution < -0.4 is 5.73 Å². The van der Waals surface area contributed by atoms with Gasteiger partial charge in [-0.3, -0.25) is 0 Å². The van der Waals surface area contributed by atoms with E-state index in [0.29, 0.717) is 0 Å². The van der Waals surface area contributed by atoms with Gasteiger partial charge in [-0.15, -0.1) is 0 Å². The maximum atomic E-state index is 5.95. The van der Waals surface area contributed by atoms with Crippen molar-refractivity contribution in [1.82, 2.24) is 0 Å². The number of rotatable bonds is 6. The van der Waals surface area contributed by atoms with Gasteiger partial charge in [-0.05, 0) is 61.8 Å². The molecule has 2 heteroatoms. The molecule has 0 bridgehead atoms. The van der Waals surface area contributed by atoms with E-state index in [1.165, 1.54) is 25.7 Å². The zero-order valence-electron chi connectivity index (χ0n) is 12.1. The summed E-state index contributed by atoms with van der Waals surface area (Å²) in [5.41, 5.74) is 5.95. The van der Waals surface area contributed by atoms with E-state index >= 15 is 0 Å². The van der Waals surface area contributed by atoms with Gasteiger partial charge in [-0.1, -0.05) is 20.8 Å². The molecule has 102 valence electrons. The summed E-state index contributed by atoms with van der Waals surface area (Å²) in [4.78, 5) is 0. The average molecular weight is 241 g/mol. The topological polar surface area (TPSA) is 35.2 Å². The molecule has 1 fully saturated rings. The molecule has 2 N–H and O–H groups in total. The Morgan fingerprint density at radius 1 is 1.24 bits per heavy atom. The molecular formula is C15H31NO. The second-order valence-electron chi connectivity index (χ2n) is 6.24. The van der Waals surface area contributed by atoms with Crippen LogP contribution >= 0.6 is 0 Å². The highest BCUT2D eigenvalue weighted by Gasteiger charge is 2.33. The van der Waals surface area contributed by atoms with Gasteiger partial charge in [0.25, 0.3) is 0 Å². The van der Waals surface area contributed by atoms with E-state index < -0.39 is 0 Å². The van der Waals surface area contributed by atoms with E-state index in [9.17, 15) is 0 Å². The number of methoxy groups -OCH3 is 1. The van der Waals surface area contributed by atoms with E-state index in [0.717, 1.165) is 42.7 Å². The molecular weight excluding hydrogens is 210 g/mol. The van der Waals surface area contributed by atoms with E-state index in [1.807, 2.05) is 0 Å². The van der Waals surface area contributed by atoms with Crippen LogP contribution in [0.3, 0.4) is 0 Å². The van der Waals surface area contributed by atoms with Gasteiger partial charge >= 0.3 is 0 Å². The lowest BCUT2D eigenvalue weighted by molar-refractivity contribution is 0.0868. The van der Waals surface area contributed by atoms with Crippen molar-refractivity contribution in [1.29, 1.82) is 0 Å². The summed E-state index contributed by atoms with van der Waals surface area (Å²) in [7, 11) is 1.80. The molecule has 0 aromatic heterocycles. The van der Waals surface area contributed by atoms with Gasteiger partial charge in [0.15, 0.2) is 0 Å². The zero-order chi connectivity index (χ0) is 12.8. The standard InChI is InChI=1S/C15H31NO/c1-11(2)13-5-6-14(10-16)15(9-13)12(3)7-8-17-4/h11-15H,5-10,16H2,1-4H3. The minimum absolute atomic E-state index is 0.747. The summed E-state index contributed by atoms with van der Waals surface area (Å²) in [6.45, 7) is 8.87. The number of ether oxygens (including phenoxy) is 1. The number of nitrogens with two attached hydrogens (primary N) is 1. The van der Waals surface area contributed by atoms with Crippen LogP contribution in [0.25, 0.3) is 0 Å². The summed E-state index contributed by atoms with van der Waals surface area (Å²) >= 11 is 0. The minimum atomic E-state index is 0.747. The summed E-state index contributed by atoms with van der Waals surface area (Å²) in [6, 6.07) is 0. The third-order valence-corrected chi connectivity index (χ3v) is 4.84. The molecule has 0 heterocycles. The first kappa shape index (κ1) is 15.0. The lowest BCUT2D eigenvalue weighted by atomic mass is 9.66. The van der Waals surface area contributed by atoms with Crippen LogP contribution in [0.1, 0.15) is 46.5 Å². The highest BCUT2D eigenvalue weighted by Crippen LogP contribution is 2.41. The smallest absolute Gasteiger partial charge is 0.0464 e. The Labute approximate surface area is 107 Å². The van der Waals surface area contributed by atoms with E-state index in [4.69, 9.17) is 10.5 Å². The van der Waals surface area contributed by atoms with Gasteiger partial charge in [0.05, 0.1) is 0 Å². The van der Waals surface area contributed by atoms with Crippen molar-refractivity contribution in [2.75, 3.05) is 20.3 Å². The van der Waals surface area contributed by atoms with Gasteiger partial charge in [0.2, 0.25) is 0 Å². The molecule has 4 unspecified atom stereocenters. The fourth-order valence-electron chi connectivity index (χ4n) is 3.42. The van der Waals surface area contributed by atoms with Gasteiger partial charge in [-0.2, -0.15) is 0 Å². The van der Waals surface area contributed by atoms with Crippen LogP contribution in [0.2, 0.25) is 0 Å². The molecule has 4 atom stereocenters. The first-order chi connectivity index (χ1) is 8.10. The normalized spacial score (nSPS) is 31.8. The van der Waals surface area contributed by atoms with Gasteiger partial charge in [0, 0.05) is 13.7 Å². The highest BCUT2D eigenvalue weighted by molar-refractivity contribution is 4.84. The lowest BCUT2D eigenvalue weighted by Crippen LogP contribution is -2.35. The van der Waals surface area contributed by atoms with Crippen LogP contribution in [-0.4, -0.2) is 20.3 Å². The van der Waals surface area contributed by atoms with Crippen LogP contribution in [0, 0.1) is 29.6 Å². The lowest BCUT2D eigenvalue weighted by Gasteiger charge is -2.40. The monoisotopic (exact) mass is 241 g/mol. The zero-order valence-corrected chi connectivity index (χ0v) is 12.1. The Bertz CT molecular complexity index is 205. The third kappa shape index (κ3) is 4.26. The van der Waals surface area contributed by atoms with Crippen molar-refractivity contribution in [2.45, 2.75) is 46.5 Å². The quantitative estimate of drug-likeness (QED) is 0.774. The van der Waals surface area contributed by atoms with Crippen LogP contribution in [-0.2, 0) is 4.74 Å². The molecule has 1 aliphatic carbocycles. The Balaban J connectivity index is 2.55. The maximum Gasteiger partial charge on any atom is 0.0464 e. The summed E-state index contributed by atoms with van der Waals surface area (Å²) in [5.74, 6) is 4.05. The molecule has 0 aromatic carbocycles. The molecule has 17 heavy (non-hydrogen) atoms. The Morgan fingerprint density at radius 3 is 2.47 bits per heavy atom. The minimum Gasteiger partial charge on any atom is -0.385 e. The fraction of sp³-hybridized carbons (Fsp3) is 1.00. The first-order valence-electron chi connectivity index (χ1n) is 7.29. The molecule has 0 amide bonds. The maximum absolute atomic E-state index is 5.95. The molecule has 0 radical (unpaired) electrons. The predicted molar refractivity (Wildman–Crippen MR) is 73.9 cm³/mol. The number of hydrogen-bond donors (Lipinski definition) is 1. The van der Waals surface area contributed by atoms with E-state index in [2.05, 4.69) is 20.8 Å². The van der Waals surface area contributed by atoms with Crippen molar-refractivity contribution in [3.63, 3.8) is 0 Å². The third-order valence-electron chi connectivity index (χ3n) is 4.84. The molecule has 2 nitrogen and oxygen atoms in total. The van der Waals surface area contributed by atoms with Crippen molar-refractivity contribution in [2.24, 2.45) is 35.3 Å². The van der Waals surface area contributed by atoms with Crippen molar-refractivity contribution in [3.8, 4) is 0 Å². The van der Waals surface area contributed by atoms with Crippen LogP contribution in [0.5, 0.6) is 0 Å². The molecule has 0 aliphatic heterocycles. The van der Waals surface area contributed by atoms with E-state index in [-0.39, 0.29) is 0 Å².